The van der Waals surface area contributed by atoms with E-state index < -0.39 is 11.8 Å². The van der Waals surface area contributed by atoms with Crippen LogP contribution in [0.1, 0.15) is 22.8 Å². The summed E-state index contributed by atoms with van der Waals surface area (Å²) in [4.78, 5) is 48.7. The fourth-order valence-electron chi connectivity index (χ4n) is 3.15. The van der Waals surface area contributed by atoms with Crippen LogP contribution < -0.4 is 16.4 Å². The molecule has 4 amide bonds. The highest BCUT2D eigenvalue weighted by molar-refractivity contribution is 6.08. The number of rotatable bonds is 6. The molecule has 1 aliphatic rings. The van der Waals surface area contributed by atoms with Crippen molar-refractivity contribution >= 4 is 29.3 Å². The summed E-state index contributed by atoms with van der Waals surface area (Å²) in [6.45, 7) is 8.62. The zero-order chi connectivity index (χ0) is 22.0. The second-order valence-corrected chi connectivity index (χ2v) is 6.73. The van der Waals surface area contributed by atoms with Gasteiger partial charge in [-0.25, -0.2) is 0 Å². The summed E-state index contributed by atoms with van der Waals surface area (Å²) >= 11 is 0. The molecule has 0 atom stereocenters. The molecule has 0 aromatic heterocycles. The van der Waals surface area contributed by atoms with Crippen molar-refractivity contribution in [1.82, 2.24) is 10.2 Å². The summed E-state index contributed by atoms with van der Waals surface area (Å²) in [7, 11) is 0. The van der Waals surface area contributed by atoms with Crippen LogP contribution in [0, 0.1) is 0 Å². The van der Waals surface area contributed by atoms with Crippen molar-refractivity contribution in [2.24, 2.45) is 5.73 Å². The Morgan fingerprint density at radius 1 is 1.03 bits per heavy atom. The number of nitrogens with one attached hydrogen (secondary N) is 2. The van der Waals surface area contributed by atoms with Gasteiger partial charge in [0, 0.05) is 18.2 Å². The Kier molecular flexibility index (Phi) is 5.50. The molecule has 2 aromatic rings. The first kappa shape index (κ1) is 20.5. The third-order valence-corrected chi connectivity index (χ3v) is 4.63. The van der Waals surface area contributed by atoms with E-state index in [4.69, 9.17) is 5.73 Å². The zero-order valence-corrected chi connectivity index (χ0v) is 16.3. The molecule has 8 nitrogen and oxygen atoms in total. The van der Waals surface area contributed by atoms with Crippen LogP contribution in [0.3, 0.4) is 0 Å². The topological polar surface area (TPSA) is 122 Å². The van der Waals surface area contributed by atoms with Crippen LogP contribution in [0.25, 0.3) is 11.1 Å². The molecule has 0 saturated heterocycles. The van der Waals surface area contributed by atoms with Crippen LogP contribution in [0.5, 0.6) is 0 Å². The Balaban J connectivity index is 1.86. The van der Waals surface area contributed by atoms with Crippen LogP contribution in [0.2, 0.25) is 0 Å². The number of nitrogens with zero attached hydrogens (tertiary/aromatic N) is 1. The Morgan fingerprint density at radius 2 is 1.67 bits per heavy atom. The summed E-state index contributed by atoms with van der Waals surface area (Å²) in [6.07, 6.45) is 0. The fraction of sp³-hybridized carbons (Fsp3) is 0.0909. The molecular formula is C22H20N4O4. The maximum Gasteiger partial charge on any atom is 0.271 e. The van der Waals surface area contributed by atoms with Crippen LogP contribution in [0.15, 0.2) is 67.0 Å². The number of amides is 4. The summed E-state index contributed by atoms with van der Waals surface area (Å²) in [5.74, 6) is -2.15. The zero-order valence-electron chi connectivity index (χ0n) is 16.3. The highest BCUT2D eigenvalue weighted by atomic mass is 16.2. The van der Waals surface area contributed by atoms with Gasteiger partial charge in [-0.15, -0.1) is 0 Å². The van der Waals surface area contributed by atoms with Gasteiger partial charge in [0.25, 0.3) is 17.7 Å². The Morgan fingerprint density at radius 3 is 2.27 bits per heavy atom. The molecule has 2 aromatic carbocycles. The van der Waals surface area contributed by atoms with E-state index in [0.29, 0.717) is 11.3 Å². The lowest BCUT2D eigenvalue weighted by atomic mass is 9.97. The van der Waals surface area contributed by atoms with E-state index in [2.05, 4.69) is 23.8 Å². The summed E-state index contributed by atoms with van der Waals surface area (Å²) in [5.41, 5.74) is 8.21. The van der Waals surface area contributed by atoms with E-state index in [1.165, 1.54) is 11.8 Å². The Hall–Kier alpha value is -4.20. The summed E-state index contributed by atoms with van der Waals surface area (Å²) < 4.78 is 0. The van der Waals surface area contributed by atoms with Crippen molar-refractivity contribution in [3.05, 3.63) is 78.1 Å². The minimum Gasteiger partial charge on any atom is -0.364 e. The molecule has 0 bridgehead atoms. The van der Waals surface area contributed by atoms with E-state index >= 15 is 0 Å². The van der Waals surface area contributed by atoms with Gasteiger partial charge < -0.3 is 16.4 Å². The molecule has 0 aliphatic carbocycles. The highest BCUT2D eigenvalue weighted by Crippen LogP contribution is 2.34. The number of anilines is 1. The highest BCUT2D eigenvalue weighted by Gasteiger charge is 2.33. The standard InChI is InChI=1S/C22H20N4O4/c1-12(20(23)28)24-21(29)13(2)26-11-19-17(5-4-6-18(19)22(26)30)15-7-9-16(10-8-15)25-14(3)27/h4-10H,1-2,11H2,3H3,(H2,23,28)(H,24,29)(H,25,27). The quantitative estimate of drug-likeness (QED) is 0.637. The molecule has 1 aliphatic heterocycles. The molecular weight excluding hydrogens is 384 g/mol. The van der Waals surface area contributed by atoms with Crippen molar-refractivity contribution in [2.75, 3.05) is 5.32 Å². The fourth-order valence-corrected chi connectivity index (χ4v) is 3.15. The molecule has 0 radical (unpaired) electrons. The lowest BCUT2D eigenvalue weighted by molar-refractivity contribution is -0.121. The van der Waals surface area contributed by atoms with Gasteiger partial charge in [-0.05, 0) is 34.9 Å². The number of carbonyl (C=O) groups is 4. The minimum atomic E-state index is -0.878. The second kappa shape index (κ2) is 8.04. The van der Waals surface area contributed by atoms with Crippen LogP contribution in [-0.4, -0.2) is 28.5 Å². The van der Waals surface area contributed by atoms with Gasteiger partial charge in [-0.1, -0.05) is 37.4 Å². The van der Waals surface area contributed by atoms with E-state index in [0.717, 1.165) is 16.7 Å². The van der Waals surface area contributed by atoms with Gasteiger partial charge in [0.15, 0.2) is 0 Å². The van der Waals surface area contributed by atoms with Crippen LogP contribution >= 0.6 is 0 Å². The number of primary amides is 1. The van der Waals surface area contributed by atoms with Gasteiger partial charge >= 0.3 is 0 Å². The first-order valence-electron chi connectivity index (χ1n) is 8.99. The number of hydrogen-bond donors (Lipinski definition) is 3. The molecule has 8 heteroatoms. The van der Waals surface area contributed by atoms with Crippen molar-refractivity contribution in [3.63, 3.8) is 0 Å². The average Bonchev–Trinajstić information content (AvgIpc) is 3.04. The van der Waals surface area contributed by atoms with E-state index in [-0.39, 0.29) is 29.8 Å². The number of benzene rings is 2. The van der Waals surface area contributed by atoms with Crippen molar-refractivity contribution in [2.45, 2.75) is 13.5 Å². The Labute approximate surface area is 173 Å². The number of hydrogen-bond acceptors (Lipinski definition) is 4. The lowest BCUT2D eigenvalue weighted by Gasteiger charge is -2.18. The third kappa shape index (κ3) is 3.97. The first-order chi connectivity index (χ1) is 14.2. The first-order valence-corrected chi connectivity index (χ1v) is 8.99. The minimum absolute atomic E-state index is 0.120. The van der Waals surface area contributed by atoms with E-state index in [1.807, 2.05) is 18.2 Å². The monoisotopic (exact) mass is 404 g/mol. The molecule has 1 heterocycles. The SMILES string of the molecule is C=C(NC(=O)C(=C)N1Cc2c(cccc2-c2ccc(NC(C)=O)cc2)C1=O)C(N)=O. The summed E-state index contributed by atoms with van der Waals surface area (Å²) in [6, 6.07) is 12.5. The molecule has 0 spiro atoms. The molecule has 152 valence electrons. The Bertz CT molecular complexity index is 1100. The summed E-state index contributed by atoms with van der Waals surface area (Å²) in [5, 5.41) is 4.94. The maximum atomic E-state index is 12.8. The molecule has 0 saturated carbocycles. The largest absolute Gasteiger partial charge is 0.364 e. The van der Waals surface area contributed by atoms with Crippen LogP contribution in [0.4, 0.5) is 5.69 Å². The van der Waals surface area contributed by atoms with Gasteiger partial charge in [0.1, 0.15) is 5.70 Å². The molecule has 0 unspecified atom stereocenters. The van der Waals surface area contributed by atoms with Gasteiger partial charge in [-0.3, -0.25) is 24.1 Å². The predicted molar refractivity (Wildman–Crippen MR) is 112 cm³/mol. The van der Waals surface area contributed by atoms with E-state index in [1.54, 1.807) is 24.3 Å². The van der Waals surface area contributed by atoms with Crippen molar-refractivity contribution in [3.8, 4) is 11.1 Å². The second-order valence-electron chi connectivity index (χ2n) is 6.73. The molecule has 3 rings (SSSR count). The van der Waals surface area contributed by atoms with E-state index in [9.17, 15) is 19.2 Å². The van der Waals surface area contributed by atoms with Crippen molar-refractivity contribution < 1.29 is 19.2 Å². The van der Waals surface area contributed by atoms with Gasteiger partial charge in [0.05, 0.1) is 12.2 Å². The van der Waals surface area contributed by atoms with Crippen LogP contribution in [-0.2, 0) is 20.9 Å². The average molecular weight is 404 g/mol. The lowest BCUT2D eigenvalue weighted by Crippen LogP contribution is -2.37. The number of fused-ring (bicyclic) bond motifs is 1. The molecule has 30 heavy (non-hydrogen) atoms. The van der Waals surface area contributed by atoms with Crippen molar-refractivity contribution in [1.29, 1.82) is 0 Å². The number of nitrogens with two attached hydrogens (primary N) is 1. The normalized spacial score (nSPS) is 12.2. The third-order valence-electron chi connectivity index (χ3n) is 4.63. The molecule has 0 fully saturated rings. The van der Waals surface area contributed by atoms with Gasteiger partial charge in [0.2, 0.25) is 5.91 Å². The maximum absolute atomic E-state index is 12.8. The number of carbonyl (C=O) groups excluding carboxylic acids is 4. The smallest absolute Gasteiger partial charge is 0.271 e. The van der Waals surface area contributed by atoms with Gasteiger partial charge in [-0.2, -0.15) is 0 Å². The molecule has 4 N–H and O–H groups in total. The predicted octanol–water partition coefficient (Wildman–Crippen LogP) is 1.90.